The first-order valence-corrected chi connectivity index (χ1v) is 8.54. The van der Waals surface area contributed by atoms with Gasteiger partial charge in [0, 0.05) is 5.02 Å². The Morgan fingerprint density at radius 1 is 1.32 bits per heavy atom. The molecule has 5 nitrogen and oxygen atoms in total. The third kappa shape index (κ3) is 3.51. The summed E-state index contributed by atoms with van der Waals surface area (Å²) >= 11 is 17.4. The number of benzene rings is 2. The predicted octanol–water partition coefficient (Wildman–Crippen LogP) is 5.20. The van der Waals surface area contributed by atoms with E-state index in [0.717, 1.165) is 5.56 Å². The second kappa shape index (κ2) is 7.07. The largest absolute Gasteiger partial charge is 0.507 e. The highest BCUT2D eigenvalue weighted by atomic mass is 35.5. The highest BCUT2D eigenvalue weighted by Crippen LogP contribution is 2.30. The molecule has 0 aliphatic heterocycles. The number of hydrogen-bond acceptors (Lipinski definition) is 5. The maximum absolute atomic E-state index is 11.7. The third-order valence-electron chi connectivity index (χ3n) is 3.59. The van der Waals surface area contributed by atoms with E-state index in [2.05, 4.69) is 0 Å². The van der Waals surface area contributed by atoms with Crippen LogP contribution in [0.25, 0.3) is 11.1 Å². The van der Waals surface area contributed by atoms with E-state index in [1.165, 1.54) is 12.1 Å². The molecule has 0 radical (unpaired) electrons. The van der Waals surface area contributed by atoms with Crippen molar-refractivity contribution in [1.82, 2.24) is 4.57 Å². The maximum Gasteiger partial charge on any atom is 0.341 e. The number of oxazole rings is 1. The molecule has 1 N–H and O–H groups in total. The fourth-order valence-corrected chi connectivity index (χ4v) is 3.25. The van der Waals surface area contributed by atoms with Crippen LogP contribution in [-0.2, 0) is 11.3 Å². The Morgan fingerprint density at radius 2 is 2.08 bits per heavy atom. The minimum atomic E-state index is -0.574. The van der Waals surface area contributed by atoms with Gasteiger partial charge in [-0.1, -0.05) is 29.3 Å². The quantitative estimate of drug-likeness (QED) is 0.483. The van der Waals surface area contributed by atoms with Gasteiger partial charge in [0.15, 0.2) is 5.58 Å². The lowest BCUT2D eigenvalue weighted by molar-refractivity contribution is 0.0523. The normalized spacial score (nSPS) is 11.0. The molecule has 3 aromatic rings. The van der Waals surface area contributed by atoms with Crippen molar-refractivity contribution < 1.29 is 19.1 Å². The number of hydrogen-bond donors (Lipinski definition) is 1. The number of aromatic nitrogens is 1. The summed E-state index contributed by atoms with van der Waals surface area (Å²) in [5, 5.41) is 10.9. The number of carbonyl (C=O) groups excluding carboxylic acids is 1. The van der Waals surface area contributed by atoms with Crippen LogP contribution in [0.15, 0.2) is 34.7 Å². The zero-order valence-corrected chi connectivity index (χ0v) is 15.4. The fraction of sp³-hybridized carbons (Fsp3) is 0.176. The van der Waals surface area contributed by atoms with Crippen molar-refractivity contribution in [2.24, 2.45) is 0 Å². The van der Waals surface area contributed by atoms with Crippen LogP contribution in [0.1, 0.15) is 22.8 Å². The van der Waals surface area contributed by atoms with E-state index in [4.69, 9.17) is 44.6 Å². The van der Waals surface area contributed by atoms with E-state index in [0.29, 0.717) is 27.7 Å². The Bertz CT molecular complexity index is 1030. The Kier molecular flexibility index (Phi) is 5.03. The van der Waals surface area contributed by atoms with Crippen molar-refractivity contribution >= 4 is 52.5 Å². The molecule has 2 aromatic carbocycles. The highest BCUT2D eigenvalue weighted by Gasteiger charge is 2.15. The number of halogens is 2. The summed E-state index contributed by atoms with van der Waals surface area (Å²) in [6.07, 6.45) is 0. The van der Waals surface area contributed by atoms with Crippen molar-refractivity contribution in [1.29, 1.82) is 0 Å². The summed E-state index contributed by atoms with van der Waals surface area (Å²) in [5.41, 5.74) is 1.93. The van der Waals surface area contributed by atoms with E-state index in [9.17, 15) is 9.90 Å². The number of fused-ring (bicyclic) bond motifs is 1. The second-order valence-electron chi connectivity index (χ2n) is 5.26. The molecule has 0 saturated heterocycles. The molecule has 8 heteroatoms. The maximum atomic E-state index is 11.7. The zero-order chi connectivity index (χ0) is 18.1. The molecule has 0 amide bonds. The number of phenolic OH excluding ortho intramolecular Hbond substituents is 1. The molecule has 0 aliphatic carbocycles. The zero-order valence-electron chi connectivity index (χ0n) is 13.1. The van der Waals surface area contributed by atoms with Gasteiger partial charge in [0.1, 0.15) is 11.3 Å². The molecule has 0 unspecified atom stereocenters. The van der Waals surface area contributed by atoms with E-state index in [-0.39, 0.29) is 22.8 Å². The Balaban J connectivity index is 1.99. The van der Waals surface area contributed by atoms with Crippen LogP contribution in [0.5, 0.6) is 5.75 Å². The molecule has 130 valence electrons. The molecule has 1 heterocycles. The topological polar surface area (TPSA) is 64.6 Å². The van der Waals surface area contributed by atoms with Crippen LogP contribution in [0.3, 0.4) is 0 Å². The summed E-state index contributed by atoms with van der Waals surface area (Å²) in [4.78, 5) is 12.0. The molecular weight excluding hydrogens is 385 g/mol. The molecule has 3 rings (SSSR count). The van der Waals surface area contributed by atoms with Gasteiger partial charge in [-0.25, -0.2) is 4.79 Å². The van der Waals surface area contributed by atoms with Crippen molar-refractivity contribution in [3.63, 3.8) is 0 Å². The molecule has 0 aliphatic rings. The van der Waals surface area contributed by atoms with Crippen LogP contribution in [0.2, 0.25) is 10.0 Å². The van der Waals surface area contributed by atoms with E-state index in [1.54, 1.807) is 29.7 Å². The summed E-state index contributed by atoms with van der Waals surface area (Å²) in [6.45, 7) is 2.25. The van der Waals surface area contributed by atoms with Crippen LogP contribution < -0.4 is 0 Å². The Morgan fingerprint density at radius 3 is 2.76 bits per heavy atom. The molecule has 0 bridgehead atoms. The summed E-state index contributed by atoms with van der Waals surface area (Å²) in [6, 6.07) is 7.98. The fourth-order valence-electron chi connectivity index (χ4n) is 2.48. The van der Waals surface area contributed by atoms with Gasteiger partial charge in [-0.3, -0.25) is 4.57 Å². The molecule has 1 aromatic heterocycles. The van der Waals surface area contributed by atoms with E-state index in [1.807, 2.05) is 0 Å². The number of rotatable bonds is 4. The first kappa shape index (κ1) is 17.8. The lowest BCUT2D eigenvalue weighted by Crippen LogP contribution is -2.06. The second-order valence-corrected chi connectivity index (χ2v) is 6.45. The van der Waals surface area contributed by atoms with Crippen LogP contribution >= 0.6 is 35.4 Å². The van der Waals surface area contributed by atoms with Gasteiger partial charge >= 0.3 is 5.97 Å². The number of aromatic hydroxyl groups is 1. The number of esters is 1. The van der Waals surface area contributed by atoms with Crippen LogP contribution in [0.4, 0.5) is 0 Å². The number of phenols is 1. The predicted molar refractivity (Wildman–Crippen MR) is 98.2 cm³/mol. The monoisotopic (exact) mass is 397 g/mol. The summed E-state index contributed by atoms with van der Waals surface area (Å²) in [7, 11) is 0. The minimum absolute atomic E-state index is 0.109. The number of nitrogens with zero attached hydrogens (tertiary/aromatic N) is 1. The van der Waals surface area contributed by atoms with Gasteiger partial charge in [0.05, 0.1) is 23.7 Å². The molecule has 0 saturated carbocycles. The van der Waals surface area contributed by atoms with E-state index >= 15 is 0 Å². The molecular formula is C17H13Cl2NO4S. The molecule has 0 spiro atoms. The highest BCUT2D eigenvalue weighted by molar-refractivity contribution is 7.71. The first-order chi connectivity index (χ1) is 11.9. The van der Waals surface area contributed by atoms with Gasteiger partial charge < -0.3 is 14.3 Å². The van der Waals surface area contributed by atoms with Crippen LogP contribution in [0, 0.1) is 4.84 Å². The molecule has 0 fully saturated rings. The number of ether oxygens (including phenoxy) is 1. The average Bonchev–Trinajstić information content (AvgIpc) is 2.84. The SMILES string of the molecule is CCOC(=O)c1ccc(Cn2c(=S)oc3c(Cl)cc(Cl)cc32)cc1O. The van der Waals surface area contributed by atoms with Gasteiger partial charge in [0.2, 0.25) is 0 Å². The Hall–Kier alpha value is -2.02. The Labute approximate surface area is 158 Å². The lowest BCUT2D eigenvalue weighted by Gasteiger charge is -2.08. The first-order valence-electron chi connectivity index (χ1n) is 7.38. The molecule has 25 heavy (non-hydrogen) atoms. The van der Waals surface area contributed by atoms with Crippen LogP contribution in [-0.4, -0.2) is 22.2 Å². The van der Waals surface area contributed by atoms with Crippen molar-refractivity contribution in [3.05, 3.63) is 56.3 Å². The minimum Gasteiger partial charge on any atom is -0.507 e. The number of carbonyl (C=O) groups is 1. The standard InChI is InChI=1S/C17H13Cl2NO4S/c1-2-23-16(22)11-4-3-9(5-14(11)21)8-20-13-7-10(18)6-12(19)15(13)24-17(20)25/h3-7,21H,2,8H2,1H3. The van der Waals surface area contributed by atoms with Crippen molar-refractivity contribution in [2.75, 3.05) is 6.61 Å². The van der Waals surface area contributed by atoms with Crippen molar-refractivity contribution in [2.45, 2.75) is 13.5 Å². The summed E-state index contributed by atoms with van der Waals surface area (Å²) in [5.74, 6) is -0.734. The third-order valence-corrected chi connectivity index (χ3v) is 4.39. The molecule has 0 atom stereocenters. The summed E-state index contributed by atoms with van der Waals surface area (Å²) < 4.78 is 12.1. The van der Waals surface area contributed by atoms with Gasteiger partial charge in [-0.2, -0.15) is 0 Å². The average molecular weight is 398 g/mol. The lowest BCUT2D eigenvalue weighted by atomic mass is 10.1. The smallest absolute Gasteiger partial charge is 0.341 e. The van der Waals surface area contributed by atoms with Crippen molar-refractivity contribution in [3.8, 4) is 5.75 Å². The van der Waals surface area contributed by atoms with Gasteiger partial charge in [-0.05, 0) is 49.0 Å². The van der Waals surface area contributed by atoms with E-state index < -0.39 is 5.97 Å². The van der Waals surface area contributed by atoms with Gasteiger partial charge in [-0.15, -0.1) is 0 Å². The van der Waals surface area contributed by atoms with Gasteiger partial charge in [0.25, 0.3) is 4.84 Å².